The third kappa shape index (κ3) is 4.42. The highest BCUT2D eigenvalue weighted by molar-refractivity contribution is 7.89. The van der Waals surface area contributed by atoms with Gasteiger partial charge in [-0.15, -0.1) is 12.4 Å². The van der Waals surface area contributed by atoms with Gasteiger partial charge in [-0.05, 0) is 37.5 Å². The van der Waals surface area contributed by atoms with Crippen LogP contribution in [0.1, 0.15) is 25.3 Å². The zero-order chi connectivity index (χ0) is 15.5. The second kappa shape index (κ2) is 7.92. The SMILES string of the molecule is C[C@@H](N)C(=O)NCc1ccc(S(=O)(=O)N2CCCC2)cc1.Cl. The van der Waals surface area contributed by atoms with Crippen molar-refractivity contribution in [2.24, 2.45) is 5.73 Å². The fourth-order valence-electron chi connectivity index (χ4n) is 2.21. The topological polar surface area (TPSA) is 92.5 Å². The van der Waals surface area contributed by atoms with Crippen molar-refractivity contribution in [1.29, 1.82) is 0 Å². The van der Waals surface area contributed by atoms with E-state index in [1.54, 1.807) is 31.2 Å². The maximum Gasteiger partial charge on any atom is 0.243 e. The zero-order valence-corrected chi connectivity index (χ0v) is 14.1. The highest BCUT2D eigenvalue weighted by Gasteiger charge is 2.26. The lowest BCUT2D eigenvalue weighted by Crippen LogP contribution is -2.37. The van der Waals surface area contributed by atoms with Gasteiger partial charge in [0.2, 0.25) is 15.9 Å². The van der Waals surface area contributed by atoms with Crippen molar-refractivity contribution in [1.82, 2.24) is 9.62 Å². The van der Waals surface area contributed by atoms with Crippen LogP contribution < -0.4 is 11.1 Å². The molecule has 6 nitrogen and oxygen atoms in total. The second-order valence-electron chi connectivity index (χ2n) is 5.26. The van der Waals surface area contributed by atoms with Crippen molar-refractivity contribution in [3.8, 4) is 0 Å². The zero-order valence-electron chi connectivity index (χ0n) is 12.5. The quantitative estimate of drug-likeness (QED) is 0.826. The lowest BCUT2D eigenvalue weighted by molar-refractivity contribution is -0.122. The van der Waals surface area contributed by atoms with E-state index in [1.165, 1.54) is 4.31 Å². The maximum absolute atomic E-state index is 12.3. The van der Waals surface area contributed by atoms with Crippen LogP contribution in [0.5, 0.6) is 0 Å². The van der Waals surface area contributed by atoms with Crippen molar-refractivity contribution >= 4 is 28.3 Å². The Morgan fingerprint density at radius 1 is 1.27 bits per heavy atom. The Morgan fingerprint density at radius 2 is 1.82 bits per heavy atom. The molecule has 0 aromatic heterocycles. The number of carbonyl (C=O) groups is 1. The average molecular weight is 348 g/mol. The van der Waals surface area contributed by atoms with Crippen LogP contribution in [0.15, 0.2) is 29.2 Å². The van der Waals surface area contributed by atoms with Gasteiger partial charge in [0, 0.05) is 19.6 Å². The first-order valence-corrected chi connectivity index (χ1v) is 8.47. The molecule has 0 unspecified atom stereocenters. The molecule has 1 fully saturated rings. The first kappa shape index (κ1) is 18.9. The molecular weight excluding hydrogens is 326 g/mol. The number of hydrogen-bond donors (Lipinski definition) is 2. The van der Waals surface area contributed by atoms with Crippen LogP contribution >= 0.6 is 12.4 Å². The molecule has 1 aromatic carbocycles. The second-order valence-corrected chi connectivity index (χ2v) is 7.20. The Hall–Kier alpha value is -1.15. The minimum atomic E-state index is -3.37. The molecule has 2 rings (SSSR count). The van der Waals surface area contributed by atoms with Gasteiger partial charge in [-0.25, -0.2) is 8.42 Å². The lowest BCUT2D eigenvalue weighted by Gasteiger charge is -2.15. The number of nitrogens with two attached hydrogens (primary N) is 1. The molecule has 0 aliphatic carbocycles. The van der Waals surface area contributed by atoms with Gasteiger partial charge < -0.3 is 11.1 Å². The number of amides is 1. The summed E-state index contributed by atoms with van der Waals surface area (Å²) in [5.74, 6) is -0.233. The van der Waals surface area contributed by atoms with Crippen LogP contribution in [0.25, 0.3) is 0 Å². The van der Waals surface area contributed by atoms with Crippen molar-refractivity contribution < 1.29 is 13.2 Å². The molecule has 22 heavy (non-hydrogen) atoms. The number of hydrogen-bond acceptors (Lipinski definition) is 4. The van der Waals surface area contributed by atoms with Gasteiger partial charge in [0.15, 0.2) is 0 Å². The molecule has 0 bridgehead atoms. The number of benzene rings is 1. The fraction of sp³-hybridized carbons (Fsp3) is 0.500. The number of halogens is 1. The molecule has 1 atom stereocenters. The normalized spacial score (nSPS) is 16.8. The molecule has 1 heterocycles. The summed E-state index contributed by atoms with van der Waals surface area (Å²) in [5, 5.41) is 2.69. The van der Waals surface area contributed by atoms with Gasteiger partial charge in [0.1, 0.15) is 0 Å². The van der Waals surface area contributed by atoms with Crippen molar-refractivity contribution in [3.05, 3.63) is 29.8 Å². The predicted molar refractivity (Wildman–Crippen MR) is 87.2 cm³/mol. The molecule has 1 aliphatic rings. The van der Waals surface area contributed by atoms with E-state index in [1.807, 2.05) is 0 Å². The summed E-state index contributed by atoms with van der Waals surface area (Å²) in [7, 11) is -3.37. The molecule has 1 aliphatic heterocycles. The summed E-state index contributed by atoms with van der Waals surface area (Å²) in [5.41, 5.74) is 6.29. The van der Waals surface area contributed by atoms with Crippen LogP contribution in [0.4, 0.5) is 0 Å². The van der Waals surface area contributed by atoms with Crippen LogP contribution in [-0.2, 0) is 21.4 Å². The monoisotopic (exact) mass is 347 g/mol. The van der Waals surface area contributed by atoms with Crippen molar-refractivity contribution in [2.45, 2.75) is 37.2 Å². The van der Waals surface area contributed by atoms with E-state index in [4.69, 9.17) is 5.73 Å². The van der Waals surface area contributed by atoms with E-state index in [-0.39, 0.29) is 18.3 Å². The van der Waals surface area contributed by atoms with E-state index in [0.29, 0.717) is 24.5 Å². The molecule has 1 saturated heterocycles. The third-order valence-electron chi connectivity index (χ3n) is 3.51. The fourth-order valence-corrected chi connectivity index (χ4v) is 3.72. The van der Waals surface area contributed by atoms with E-state index < -0.39 is 16.1 Å². The van der Waals surface area contributed by atoms with E-state index in [2.05, 4.69) is 5.32 Å². The van der Waals surface area contributed by atoms with Gasteiger partial charge in [-0.2, -0.15) is 4.31 Å². The summed E-state index contributed by atoms with van der Waals surface area (Å²) < 4.78 is 26.2. The number of rotatable bonds is 5. The highest BCUT2D eigenvalue weighted by Crippen LogP contribution is 2.20. The van der Waals surface area contributed by atoms with Crippen LogP contribution in [0.2, 0.25) is 0 Å². The largest absolute Gasteiger partial charge is 0.351 e. The average Bonchev–Trinajstić information content (AvgIpc) is 3.00. The third-order valence-corrected chi connectivity index (χ3v) is 5.42. The van der Waals surface area contributed by atoms with Gasteiger partial charge in [-0.3, -0.25) is 4.79 Å². The Morgan fingerprint density at radius 3 is 2.32 bits per heavy atom. The molecular formula is C14H22ClN3O3S. The minimum absolute atomic E-state index is 0. The molecule has 0 spiro atoms. The Kier molecular flexibility index (Phi) is 6.80. The summed E-state index contributed by atoms with van der Waals surface area (Å²) in [6, 6.07) is 6.04. The first-order chi connectivity index (χ1) is 9.91. The molecule has 1 amide bonds. The van der Waals surface area contributed by atoms with Gasteiger partial charge in [0.05, 0.1) is 10.9 Å². The Balaban J connectivity index is 0.00000242. The molecule has 0 radical (unpaired) electrons. The van der Waals surface area contributed by atoms with E-state index in [0.717, 1.165) is 18.4 Å². The molecule has 8 heteroatoms. The number of sulfonamides is 1. The predicted octanol–water partition coefficient (Wildman–Crippen LogP) is 0.856. The smallest absolute Gasteiger partial charge is 0.243 e. The van der Waals surface area contributed by atoms with Gasteiger partial charge in [0.25, 0.3) is 0 Å². The number of carbonyl (C=O) groups excluding carboxylic acids is 1. The van der Waals surface area contributed by atoms with Crippen LogP contribution in [0, 0.1) is 0 Å². The summed E-state index contributed by atoms with van der Waals surface area (Å²) in [6.45, 7) is 3.13. The van der Waals surface area contributed by atoms with Gasteiger partial charge in [-0.1, -0.05) is 12.1 Å². The van der Waals surface area contributed by atoms with E-state index >= 15 is 0 Å². The van der Waals surface area contributed by atoms with Crippen molar-refractivity contribution in [2.75, 3.05) is 13.1 Å². The summed E-state index contributed by atoms with van der Waals surface area (Å²) >= 11 is 0. The highest BCUT2D eigenvalue weighted by atomic mass is 35.5. The Bertz CT molecular complexity index is 596. The van der Waals surface area contributed by atoms with Crippen LogP contribution in [-0.4, -0.2) is 37.8 Å². The molecule has 3 N–H and O–H groups in total. The van der Waals surface area contributed by atoms with Gasteiger partial charge >= 0.3 is 0 Å². The molecule has 0 saturated carbocycles. The number of nitrogens with zero attached hydrogens (tertiary/aromatic N) is 1. The standard InChI is InChI=1S/C14H21N3O3S.ClH/c1-11(15)14(18)16-10-12-4-6-13(7-5-12)21(19,20)17-8-2-3-9-17;/h4-7,11H,2-3,8-10,15H2,1H3,(H,16,18);1H/t11-;/m1./s1. The van der Waals surface area contributed by atoms with Crippen molar-refractivity contribution in [3.63, 3.8) is 0 Å². The minimum Gasteiger partial charge on any atom is -0.351 e. The summed E-state index contributed by atoms with van der Waals surface area (Å²) in [6.07, 6.45) is 1.83. The number of nitrogens with one attached hydrogen (secondary N) is 1. The summed E-state index contributed by atoms with van der Waals surface area (Å²) in [4.78, 5) is 11.7. The van der Waals surface area contributed by atoms with E-state index in [9.17, 15) is 13.2 Å². The maximum atomic E-state index is 12.3. The first-order valence-electron chi connectivity index (χ1n) is 7.03. The Labute approximate surface area is 137 Å². The molecule has 124 valence electrons. The van der Waals surface area contributed by atoms with Crippen LogP contribution in [0.3, 0.4) is 0 Å². The lowest BCUT2D eigenvalue weighted by atomic mass is 10.2. The molecule has 1 aromatic rings.